The molecule has 2 saturated carbocycles. The SMILES string of the molecule is CC(=O)CC1(C(=O)O)C2CCCCC21. The quantitative estimate of drug-likeness (QED) is 0.749. The van der Waals surface area contributed by atoms with Gasteiger partial charge in [0.25, 0.3) is 0 Å². The third-order valence-corrected chi connectivity index (χ3v) is 3.92. The van der Waals surface area contributed by atoms with Gasteiger partial charge in [0.05, 0.1) is 5.41 Å². The molecule has 0 amide bonds. The van der Waals surface area contributed by atoms with E-state index in [1.165, 1.54) is 6.92 Å². The third-order valence-electron chi connectivity index (χ3n) is 3.92. The predicted molar refractivity (Wildman–Crippen MR) is 50.8 cm³/mol. The van der Waals surface area contributed by atoms with Crippen LogP contribution in [0.1, 0.15) is 39.0 Å². The van der Waals surface area contributed by atoms with Gasteiger partial charge in [-0.05, 0) is 31.6 Å². The molecule has 0 bridgehead atoms. The summed E-state index contributed by atoms with van der Waals surface area (Å²) in [6.45, 7) is 1.50. The van der Waals surface area contributed by atoms with Gasteiger partial charge >= 0.3 is 5.97 Å². The number of carboxylic acid groups (broad SMARTS) is 1. The van der Waals surface area contributed by atoms with E-state index >= 15 is 0 Å². The predicted octanol–water partition coefficient (Wildman–Crippen LogP) is 1.86. The molecule has 2 fully saturated rings. The zero-order valence-corrected chi connectivity index (χ0v) is 8.45. The van der Waals surface area contributed by atoms with Crippen LogP contribution in [0.25, 0.3) is 0 Å². The van der Waals surface area contributed by atoms with Crippen molar-refractivity contribution in [2.75, 3.05) is 0 Å². The second-order valence-corrected chi connectivity index (χ2v) is 4.72. The number of aliphatic carboxylic acids is 1. The number of ketones is 1. The monoisotopic (exact) mass is 196 g/mol. The maximum atomic E-state index is 11.2. The summed E-state index contributed by atoms with van der Waals surface area (Å²) < 4.78 is 0. The van der Waals surface area contributed by atoms with Crippen molar-refractivity contribution >= 4 is 11.8 Å². The van der Waals surface area contributed by atoms with Crippen LogP contribution in [0.2, 0.25) is 0 Å². The van der Waals surface area contributed by atoms with E-state index in [4.69, 9.17) is 0 Å². The topological polar surface area (TPSA) is 54.4 Å². The van der Waals surface area contributed by atoms with Crippen LogP contribution < -0.4 is 0 Å². The Morgan fingerprint density at radius 1 is 1.29 bits per heavy atom. The maximum absolute atomic E-state index is 11.2. The van der Waals surface area contributed by atoms with Crippen LogP contribution in [0, 0.1) is 17.3 Å². The van der Waals surface area contributed by atoms with E-state index in [0.29, 0.717) is 0 Å². The van der Waals surface area contributed by atoms with Crippen molar-refractivity contribution in [3.63, 3.8) is 0 Å². The van der Waals surface area contributed by atoms with E-state index in [2.05, 4.69) is 0 Å². The Kier molecular flexibility index (Phi) is 2.13. The third kappa shape index (κ3) is 1.18. The minimum Gasteiger partial charge on any atom is -0.481 e. The molecule has 2 rings (SSSR count). The molecule has 0 radical (unpaired) electrons. The van der Waals surface area contributed by atoms with Crippen molar-refractivity contribution in [1.29, 1.82) is 0 Å². The Morgan fingerprint density at radius 2 is 1.79 bits per heavy atom. The normalized spacial score (nSPS) is 40.1. The Hall–Kier alpha value is -0.860. The van der Waals surface area contributed by atoms with Crippen molar-refractivity contribution in [2.45, 2.75) is 39.0 Å². The van der Waals surface area contributed by atoms with Gasteiger partial charge in [-0.1, -0.05) is 12.8 Å². The number of hydrogen-bond donors (Lipinski definition) is 1. The number of carboxylic acids is 1. The van der Waals surface area contributed by atoms with Crippen molar-refractivity contribution in [1.82, 2.24) is 0 Å². The zero-order chi connectivity index (χ0) is 10.3. The summed E-state index contributed by atoms with van der Waals surface area (Å²) in [7, 11) is 0. The molecular weight excluding hydrogens is 180 g/mol. The molecular formula is C11H16O3. The lowest BCUT2D eigenvalue weighted by atomic mass is 9.95. The first kappa shape index (κ1) is 9.69. The number of hydrogen-bond acceptors (Lipinski definition) is 2. The Balaban J connectivity index is 2.17. The largest absolute Gasteiger partial charge is 0.481 e. The summed E-state index contributed by atoms with van der Waals surface area (Å²) in [6, 6.07) is 0. The van der Waals surface area contributed by atoms with E-state index in [0.717, 1.165) is 25.7 Å². The number of carbonyl (C=O) groups excluding carboxylic acids is 1. The van der Waals surface area contributed by atoms with Crippen LogP contribution in [-0.4, -0.2) is 16.9 Å². The van der Waals surface area contributed by atoms with Gasteiger partial charge in [0.15, 0.2) is 0 Å². The lowest BCUT2D eigenvalue weighted by molar-refractivity contribution is -0.146. The first-order chi connectivity index (χ1) is 6.59. The van der Waals surface area contributed by atoms with E-state index in [1.807, 2.05) is 0 Å². The highest BCUT2D eigenvalue weighted by Crippen LogP contribution is 2.67. The summed E-state index contributed by atoms with van der Waals surface area (Å²) in [5, 5.41) is 9.23. The molecule has 78 valence electrons. The molecule has 3 heteroatoms. The molecule has 0 spiro atoms. The molecule has 14 heavy (non-hydrogen) atoms. The summed E-state index contributed by atoms with van der Waals surface area (Å²) in [5.74, 6) is -0.151. The van der Waals surface area contributed by atoms with E-state index in [1.54, 1.807) is 0 Å². The molecule has 1 N–H and O–H groups in total. The van der Waals surface area contributed by atoms with Gasteiger partial charge in [0.2, 0.25) is 0 Å². The van der Waals surface area contributed by atoms with Crippen LogP contribution >= 0.6 is 0 Å². The molecule has 2 aliphatic carbocycles. The van der Waals surface area contributed by atoms with Crippen molar-refractivity contribution in [3.05, 3.63) is 0 Å². The first-order valence-electron chi connectivity index (χ1n) is 5.32. The molecule has 0 heterocycles. The van der Waals surface area contributed by atoms with E-state index in [9.17, 15) is 14.7 Å². The average molecular weight is 196 g/mol. The molecule has 0 saturated heterocycles. The van der Waals surface area contributed by atoms with Crippen molar-refractivity contribution in [3.8, 4) is 0 Å². The highest BCUT2D eigenvalue weighted by molar-refractivity contribution is 5.88. The summed E-state index contributed by atoms with van der Waals surface area (Å²) in [5.41, 5.74) is -0.664. The second-order valence-electron chi connectivity index (χ2n) is 4.72. The number of Topliss-reactive ketones (excluding diaryl/α,β-unsaturated/α-hetero) is 1. The van der Waals surface area contributed by atoms with E-state index < -0.39 is 11.4 Å². The second kappa shape index (κ2) is 3.07. The minimum atomic E-state index is -0.746. The Labute approximate surface area is 83.5 Å². The Bertz CT molecular complexity index is 270. The molecule has 2 atom stereocenters. The van der Waals surface area contributed by atoms with Gasteiger partial charge < -0.3 is 5.11 Å². The van der Waals surface area contributed by atoms with Gasteiger partial charge in [-0.15, -0.1) is 0 Å². The number of rotatable bonds is 3. The Morgan fingerprint density at radius 3 is 2.14 bits per heavy atom. The highest BCUT2D eigenvalue weighted by atomic mass is 16.4. The van der Waals surface area contributed by atoms with Crippen LogP contribution in [0.4, 0.5) is 0 Å². The fourth-order valence-electron chi connectivity index (χ4n) is 3.32. The highest BCUT2D eigenvalue weighted by Gasteiger charge is 2.69. The van der Waals surface area contributed by atoms with Crippen LogP contribution in [0.5, 0.6) is 0 Å². The first-order valence-corrected chi connectivity index (χ1v) is 5.32. The minimum absolute atomic E-state index is 0.0156. The molecule has 0 aromatic carbocycles. The summed E-state index contributed by atoms with van der Waals surface area (Å²) in [6.07, 6.45) is 4.52. The molecule has 2 aliphatic rings. The molecule has 0 aromatic heterocycles. The van der Waals surface area contributed by atoms with Crippen LogP contribution in [0.3, 0.4) is 0 Å². The van der Waals surface area contributed by atoms with Crippen LogP contribution in [-0.2, 0) is 9.59 Å². The molecule has 0 aliphatic heterocycles. The number of carbonyl (C=O) groups is 2. The maximum Gasteiger partial charge on any atom is 0.310 e. The van der Waals surface area contributed by atoms with Crippen LogP contribution in [0.15, 0.2) is 0 Å². The zero-order valence-electron chi connectivity index (χ0n) is 8.45. The lowest BCUT2D eigenvalue weighted by Crippen LogP contribution is -2.22. The summed E-state index contributed by atoms with van der Waals surface area (Å²) in [4.78, 5) is 22.3. The van der Waals surface area contributed by atoms with Crippen molar-refractivity contribution in [2.24, 2.45) is 17.3 Å². The standard InChI is InChI=1S/C11H16O3/c1-7(12)6-11(10(13)14)8-4-2-3-5-9(8)11/h8-9H,2-6H2,1H3,(H,13,14). The lowest BCUT2D eigenvalue weighted by Gasteiger charge is -2.09. The van der Waals surface area contributed by atoms with Crippen molar-refractivity contribution < 1.29 is 14.7 Å². The smallest absolute Gasteiger partial charge is 0.310 e. The fraction of sp³-hybridized carbons (Fsp3) is 0.818. The molecule has 0 aromatic rings. The van der Waals surface area contributed by atoms with Gasteiger partial charge in [-0.3, -0.25) is 9.59 Å². The van der Waals surface area contributed by atoms with Gasteiger partial charge in [-0.25, -0.2) is 0 Å². The average Bonchev–Trinajstić information content (AvgIpc) is 2.75. The molecule has 3 nitrogen and oxygen atoms in total. The van der Waals surface area contributed by atoms with Gasteiger partial charge in [0, 0.05) is 6.42 Å². The fourth-order valence-corrected chi connectivity index (χ4v) is 3.32. The number of fused-ring (bicyclic) bond motifs is 1. The summed E-state index contributed by atoms with van der Waals surface area (Å²) >= 11 is 0. The van der Waals surface area contributed by atoms with Gasteiger partial charge in [0.1, 0.15) is 5.78 Å². The molecule has 2 unspecified atom stereocenters. The van der Waals surface area contributed by atoms with Gasteiger partial charge in [-0.2, -0.15) is 0 Å². The van der Waals surface area contributed by atoms with E-state index in [-0.39, 0.29) is 24.0 Å².